The summed E-state index contributed by atoms with van der Waals surface area (Å²) >= 11 is 0. The van der Waals surface area contributed by atoms with Crippen LogP contribution in [0.2, 0.25) is 0 Å². The molecule has 1 heterocycles. The zero-order chi connectivity index (χ0) is 13.0. The van der Waals surface area contributed by atoms with Crippen molar-refractivity contribution in [2.24, 2.45) is 0 Å². The summed E-state index contributed by atoms with van der Waals surface area (Å²) in [6.07, 6.45) is 2.17. The van der Waals surface area contributed by atoms with E-state index in [4.69, 9.17) is 14.6 Å². The highest BCUT2D eigenvalue weighted by Crippen LogP contribution is 2.32. The molecule has 96 valence electrons. The highest BCUT2D eigenvalue weighted by atomic mass is 16.5. The molecule has 0 saturated carbocycles. The topological polar surface area (TPSA) is 67.8 Å². The number of hydrogen-bond acceptors (Lipinski definition) is 4. The summed E-state index contributed by atoms with van der Waals surface area (Å²) in [6, 6.07) is 4.44. The molecule has 0 bridgehead atoms. The second kappa shape index (κ2) is 5.44. The minimum absolute atomic E-state index is 0.597. The van der Waals surface area contributed by atoms with E-state index in [-0.39, 0.29) is 0 Å². The number of fused-ring (bicyclic) bond motifs is 1. The lowest BCUT2D eigenvalue weighted by atomic mass is 10.2. The normalized spacial score (nSPS) is 15.3. The van der Waals surface area contributed by atoms with Gasteiger partial charge in [-0.15, -0.1) is 6.58 Å². The van der Waals surface area contributed by atoms with Gasteiger partial charge >= 0.3 is 5.97 Å². The fourth-order valence-corrected chi connectivity index (χ4v) is 1.65. The van der Waals surface area contributed by atoms with Gasteiger partial charge in [0.25, 0.3) is 0 Å². The van der Waals surface area contributed by atoms with Gasteiger partial charge in [-0.25, -0.2) is 4.79 Å². The Labute approximate surface area is 105 Å². The van der Waals surface area contributed by atoms with Crippen molar-refractivity contribution < 1.29 is 19.4 Å². The highest BCUT2D eigenvalue weighted by Gasteiger charge is 2.15. The van der Waals surface area contributed by atoms with Crippen LogP contribution in [0.4, 0.5) is 5.69 Å². The zero-order valence-corrected chi connectivity index (χ0v) is 9.89. The second-order valence-corrected chi connectivity index (χ2v) is 3.91. The van der Waals surface area contributed by atoms with Crippen molar-refractivity contribution in [3.8, 4) is 11.5 Å². The van der Waals surface area contributed by atoms with Crippen LogP contribution < -0.4 is 14.8 Å². The van der Waals surface area contributed by atoms with E-state index in [1.54, 1.807) is 18.2 Å². The second-order valence-electron chi connectivity index (χ2n) is 3.91. The standard InChI is InChI=1S/C13H15NO4/c1-2-10(13(15)16)14-9-4-5-11-12(8-9)18-7-3-6-17-11/h2,4-5,8,10,14H,1,3,6-7H2,(H,15,16). The third-order valence-corrected chi connectivity index (χ3v) is 2.57. The van der Waals surface area contributed by atoms with Crippen LogP contribution in [0.1, 0.15) is 6.42 Å². The van der Waals surface area contributed by atoms with Crippen LogP contribution >= 0.6 is 0 Å². The minimum atomic E-state index is -0.975. The van der Waals surface area contributed by atoms with Crippen molar-refractivity contribution in [3.05, 3.63) is 30.9 Å². The fraction of sp³-hybridized carbons (Fsp3) is 0.308. The summed E-state index contributed by atoms with van der Waals surface area (Å²) in [5, 5.41) is 11.8. The number of rotatable bonds is 4. The lowest BCUT2D eigenvalue weighted by Crippen LogP contribution is -2.26. The summed E-state index contributed by atoms with van der Waals surface area (Å²) in [4.78, 5) is 10.9. The van der Waals surface area contributed by atoms with Crippen LogP contribution in [0.3, 0.4) is 0 Å². The molecule has 0 radical (unpaired) electrons. The Balaban J connectivity index is 2.17. The summed E-state index contributed by atoms with van der Waals surface area (Å²) in [5.41, 5.74) is 0.659. The van der Waals surface area contributed by atoms with Crippen LogP contribution in [0, 0.1) is 0 Å². The van der Waals surface area contributed by atoms with Gasteiger partial charge in [0, 0.05) is 18.2 Å². The number of nitrogens with one attached hydrogen (secondary N) is 1. The van der Waals surface area contributed by atoms with E-state index in [9.17, 15) is 4.79 Å². The molecule has 1 aromatic carbocycles. The molecule has 1 unspecified atom stereocenters. The maximum Gasteiger partial charge on any atom is 0.330 e. The molecule has 1 atom stereocenters. The Morgan fingerprint density at radius 2 is 2.11 bits per heavy atom. The number of carboxylic acids is 1. The summed E-state index contributed by atoms with van der Waals surface area (Å²) in [5.74, 6) is 0.339. The third kappa shape index (κ3) is 2.74. The number of hydrogen-bond donors (Lipinski definition) is 2. The Hall–Kier alpha value is -2.17. The average molecular weight is 249 g/mol. The Morgan fingerprint density at radius 1 is 1.39 bits per heavy atom. The quantitative estimate of drug-likeness (QED) is 0.798. The number of anilines is 1. The van der Waals surface area contributed by atoms with Crippen molar-refractivity contribution >= 4 is 11.7 Å². The van der Waals surface area contributed by atoms with E-state index in [1.807, 2.05) is 0 Å². The van der Waals surface area contributed by atoms with Crippen molar-refractivity contribution in [1.82, 2.24) is 0 Å². The number of benzene rings is 1. The van der Waals surface area contributed by atoms with Gasteiger partial charge < -0.3 is 19.9 Å². The molecule has 0 aliphatic carbocycles. The average Bonchev–Trinajstić information content (AvgIpc) is 2.60. The number of carbonyl (C=O) groups is 1. The molecule has 0 amide bonds. The number of aliphatic carboxylic acids is 1. The highest BCUT2D eigenvalue weighted by molar-refractivity contribution is 5.79. The monoisotopic (exact) mass is 249 g/mol. The van der Waals surface area contributed by atoms with Crippen LogP contribution in [-0.4, -0.2) is 30.3 Å². The van der Waals surface area contributed by atoms with E-state index in [2.05, 4.69) is 11.9 Å². The van der Waals surface area contributed by atoms with Crippen LogP contribution in [-0.2, 0) is 4.79 Å². The molecule has 1 aromatic rings. The van der Waals surface area contributed by atoms with Gasteiger partial charge in [0.2, 0.25) is 0 Å². The number of carboxylic acid groups (broad SMARTS) is 1. The number of ether oxygens (including phenoxy) is 2. The van der Waals surface area contributed by atoms with E-state index >= 15 is 0 Å². The first-order chi connectivity index (χ1) is 8.70. The predicted octanol–water partition coefficient (Wildman–Crippen LogP) is 1.90. The first kappa shape index (κ1) is 12.3. The molecule has 0 aromatic heterocycles. The Kier molecular flexibility index (Phi) is 3.72. The van der Waals surface area contributed by atoms with Crippen molar-refractivity contribution in [2.75, 3.05) is 18.5 Å². The summed E-state index contributed by atoms with van der Waals surface area (Å²) < 4.78 is 11.0. The van der Waals surface area contributed by atoms with Crippen molar-refractivity contribution in [1.29, 1.82) is 0 Å². The molecule has 2 rings (SSSR count). The largest absolute Gasteiger partial charge is 0.490 e. The Morgan fingerprint density at radius 3 is 2.78 bits per heavy atom. The van der Waals surface area contributed by atoms with E-state index in [0.29, 0.717) is 30.4 Å². The SMILES string of the molecule is C=CC(Nc1ccc2c(c1)OCCCO2)C(=O)O. The first-order valence-electron chi connectivity index (χ1n) is 5.72. The molecule has 2 N–H and O–H groups in total. The van der Waals surface area contributed by atoms with Crippen LogP contribution in [0.25, 0.3) is 0 Å². The maximum absolute atomic E-state index is 10.9. The van der Waals surface area contributed by atoms with Gasteiger partial charge in [0.1, 0.15) is 6.04 Å². The van der Waals surface area contributed by atoms with Gasteiger partial charge in [0.15, 0.2) is 11.5 Å². The lowest BCUT2D eigenvalue weighted by molar-refractivity contribution is -0.136. The zero-order valence-electron chi connectivity index (χ0n) is 9.89. The van der Waals surface area contributed by atoms with Gasteiger partial charge in [0.05, 0.1) is 13.2 Å². The minimum Gasteiger partial charge on any atom is -0.490 e. The van der Waals surface area contributed by atoms with E-state index in [1.165, 1.54) is 6.08 Å². The van der Waals surface area contributed by atoms with Gasteiger partial charge in [-0.3, -0.25) is 0 Å². The summed E-state index contributed by atoms with van der Waals surface area (Å²) in [6.45, 7) is 4.71. The van der Waals surface area contributed by atoms with Crippen molar-refractivity contribution in [3.63, 3.8) is 0 Å². The molecule has 18 heavy (non-hydrogen) atoms. The van der Waals surface area contributed by atoms with Gasteiger partial charge in [-0.1, -0.05) is 6.08 Å². The molecule has 5 nitrogen and oxygen atoms in total. The van der Waals surface area contributed by atoms with Gasteiger partial charge in [-0.2, -0.15) is 0 Å². The molecular weight excluding hydrogens is 234 g/mol. The maximum atomic E-state index is 10.9. The first-order valence-corrected chi connectivity index (χ1v) is 5.72. The lowest BCUT2D eigenvalue weighted by Gasteiger charge is -2.14. The van der Waals surface area contributed by atoms with Crippen molar-refractivity contribution in [2.45, 2.75) is 12.5 Å². The fourth-order valence-electron chi connectivity index (χ4n) is 1.65. The smallest absolute Gasteiger partial charge is 0.330 e. The Bertz CT molecular complexity index is 458. The van der Waals surface area contributed by atoms with Gasteiger partial charge in [-0.05, 0) is 12.1 Å². The molecule has 1 aliphatic rings. The molecular formula is C13H15NO4. The molecule has 1 aliphatic heterocycles. The third-order valence-electron chi connectivity index (χ3n) is 2.57. The predicted molar refractivity (Wildman–Crippen MR) is 67.3 cm³/mol. The molecule has 0 saturated heterocycles. The molecule has 0 spiro atoms. The van der Waals surface area contributed by atoms with E-state index in [0.717, 1.165) is 6.42 Å². The van der Waals surface area contributed by atoms with Crippen LogP contribution in [0.5, 0.6) is 11.5 Å². The molecule has 5 heteroatoms. The molecule has 0 fully saturated rings. The van der Waals surface area contributed by atoms with E-state index < -0.39 is 12.0 Å². The van der Waals surface area contributed by atoms with Crippen LogP contribution in [0.15, 0.2) is 30.9 Å². The summed E-state index contributed by atoms with van der Waals surface area (Å²) in [7, 11) is 0.